The van der Waals surface area contributed by atoms with E-state index < -0.39 is 5.91 Å². The van der Waals surface area contributed by atoms with Crippen LogP contribution in [-0.4, -0.2) is 107 Å². The molecule has 1 atom stereocenters. The summed E-state index contributed by atoms with van der Waals surface area (Å²) in [4.78, 5) is 30.2. The number of benzene rings is 1. The van der Waals surface area contributed by atoms with Crippen molar-refractivity contribution in [2.45, 2.75) is 64.5 Å². The molecule has 12 nitrogen and oxygen atoms in total. The third kappa shape index (κ3) is 6.30. The van der Waals surface area contributed by atoms with Crippen molar-refractivity contribution in [2.24, 2.45) is 11.1 Å². The van der Waals surface area contributed by atoms with E-state index >= 15 is 0 Å². The Hall–Kier alpha value is -3.74. The number of carbonyl (C=O) groups excluding carboxylic acids is 1. The van der Waals surface area contributed by atoms with Crippen LogP contribution in [0.3, 0.4) is 0 Å². The minimum absolute atomic E-state index is 0.0856. The van der Waals surface area contributed by atoms with E-state index in [1.807, 2.05) is 13.0 Å². The Morgan fingerprint density at radius 3 is 2.52 bits per heavy atom. The second kappa shape index (κ2) is 12.8. The first-order valence-electron chi connectivity index (χ1n) is 17.0. The summed E-state index contributed by atoms with van der Waals surface area (Å²) >= 11 is 0. The normalized spacial score (nSPS) is 22.2. The summed E-state index contributed by atoms with van der Waals surface area (Å²) in [5.74, 6) is 0.286. The van der Waals surface area contributed by atoms with Crippen molar-refractivity contribution < 1.29 is 9.53 Å². The van der Waals surface area contributed by atoms with Crippen LogP contribution < -0.4 is 21.3 Å². The minimum atomic E-state index is -0.643. The number of aryl methyl sites for hydroxylation is 2. The molecule has 1 aliphatic carbocycles. The lowest BCUT2D eigenvalue weighted by Crippen LogP contribution is -2.52. The van der Waals surface area contributed by atoms with Crippen molar-refractivity contribution in [2.75, 3.05) is 75.1 Å². The van der Waals surface area contributed by atoms with Gasteiger partial charge in [-0.25, -0.2) is 9.97 Å². The monoisotopic (exact) mass is 628 g/mol. The fourth-order valence-electron chi connectivity index (χ4n) is 7.49. The fraction of sp³-hybridized carbons (Fsp3) is 0.588. The Kier molecular flexibility index (Phi) is 8.60. The maximum atomic E-state index is 12.8. The number of piperazine rings is 1. The van der Waals surface area contributed by atoms with E-state index in [1.54, 1.807) is 0 Å². The topological polar surface area (TPSA) is 141 Å². The Bertz CT molecular complexity index is 1550. The van der Waals surface area contributed by atoms with Gasteiger partial charge in [0.05, 0.1) is 6.61 Å². The van der Waals surface area contributed by atoms with Crippen molar-refractivity contribution in [1.82, 2.24) is 30.0 Å². The van der Waals surface area contributed by atoms with E-state index in [0.29, 0.717) is 35.7 Å². The van der Waals surface area contributed by atoms with Crippen LogP contribution in [-0.2, 0) is 11.2 Å². The number of nitrogens with one attached hydrogen (secondary N) is 3. The summed E-state index contributed by atoms with van der Waals surface area (Å²) in [5, 5.41) is 14.5. The molecule has 7 rings (SSSR count). The number of H-pyrrole nitrogens is 1. The van der Waals surface area contributed by atoms with Crippen LogP contribution in [0.2, 0.25) is 0 Å². The molecule has 0 bridgehead atoms. The Morgan fingerprint density at radius 2 is 1.85 bits per heavy atom. The molecular weight excluding hydrogens is 580 g/mol. The Morgan fingerprint density at radius 1 is 1.07 bits per heavy atom. The Labute approximate surface area is 271 Å². The number of hydrogen-bond donors (Lipinski definition) is 4. The lowest BCUT2D eigenvalue weighted by molar-refractivity contribution is 0.0351. The highest BCUT2D eigenvalue weighted by atomic mass is 16.5. The van der Waals surface area contributed by atoms with E-state index in [-0.39, 0.29) is 17.2 Å². The molecule has 0 radical (unpaired) electrons. The molecule has 3 aliphatic heterocycles. The number of rotatable bonds is 9. The van der Waals surface area contributed by atoms with E-state index in [2.05, 4.69) is 67.7 Å². The van der Waals surface area contributed by atoms with E-state index in [9.17, 15) is 4.79 Å². The first-order chi connectivity index (χ1) is 22.3. The van der Waals surface area contributed by atoms with Crippen LogP contribution in [0.25, 0.3) is 11.4 Å². The van der Waals surface area contributed by atoms with Gasteiger partial charge >= 0.3 is 0 Å². The number of amides is 1. The van der Waals surface area contributed by atoms with Gasteiger partial charge in [0, 0.05) is 80.4 Å². The van der Waals surface area contributed by atoms with Crippen molar-refractivity contribution in [3.05, 3.63) is 41.2 Å². The third-order valence-corrected chi connectivity index (χ3v) is 10.5. The minimum Gasteiger partial charge on any atom is -0.381 e. The highest BCUT2D eigenvalue weighted by Crippen LogP contribution is 2.52. The molecule has 12 heteroatoms. The summed E-state index contributed by atoms with van der Waals surface area (Å²) in [6, 6.07) is 9.23. The highest BCUT2D eigenvalue weighted by Gasteiger charge is 2.51. The molecule has 5 heterocycles. The summed E-state index contributed by atoms with van der Waals surface area (Å²) in [7, 11) is 2.22. The molecule has 4 aliphatic rings. The number of ether oxygens (including phenoxy) is 1. The third-order valence-electron chi connectivity index (χ3n) is 10.5. The van der Waals surface area contributed by atoms with Gasteiger partial charge in [-0.05, 0) is 82.3 Å². The second-order valence-electron chi connectivity index (χ2n) is 13.7. The molecule has 1 saturated carbocycles. The van der Waals surface area contributed by atoms with E-state index in [0.717, 1.165) is 69.9 Å². The molecule has 5 N–H and O–H groups in total. The predicted octanol–water partition coefficient (Wildman–Crippen LogP) is 3.78. The fourth-order valence-corrected chi connectivity index (χ4v) is 7.49. The summed E-state index contributed by atoms with van der Waals surface area (Å²) in [6.45, 7) is 12.4. The van der Waals surface area contributed by atoms with Crippen molar-refractivity contribution in [3.8, 4) is 11.4 Å². The van der Waals surface area contributed by atoms with Gasteiger partial charge in [-0.15, -0.1) is 0 Å². The maximum Gasteiger partial charge on any atom is 0.271 e. The molecule has 1 aromatic carbocycles. The van der Waals surface area contributed by atoms with Gasteiger partial charge in [-0.2, -0.15) is 5.10 Å². The van der Waals surface area contributed by atoms with Crippen LogP contribution in [0, 0.1) is 12.3 Å². The molecule has 1 unspecified atom stereocenters. The van der Waals surface area contributed by atoms with Gasteiger partial charge in [-0.1, -0.05) is 6.92 Å². The SMILES string of the molecule is CCc1cc(Nc2nc(NC3CCOCC34CC4)c(-c3cc(C)[nH]n3)nc2C(N)=O)ccc1N1CCC(N2CCN(C)CC2)CC1. The largest absolute Gasteiger partial charge is 0.381 e. The number of aromatic nitrogens is 4. The zero-order chi connectivity index (χ0) is 31.8. The van der Waals surface area contributed by atoms with E-state index in [1.165, 1.54) is 37.2 Å². The average molecular weight is 629 g/mol. The lowest BCUT2D eigenvalue weighted by Gasteiger charge is -2.43. The molecule has 2 aromatic heterocycles. The molecule has 3 saturated heterocycles. The number of nitrogens with two attached hydrogens (primary N) is 1. The first-order valence-corrected chi connectivity index (χ1v) is 17.0. The summed E-state index contributed by atoms with van der Waals surface area (Å²) in [5.41, 5.74) is 11.5. The molecular formula is C34H48N10O2. The standard InChI is InChI=1S/C34H48N10O2/c1-4-23-20-24(5-6-27(23)44-12-7-25(8-13-44)43-16-14-42(3)15-17-43)36-33-30(31(35)45)38-29(26-19-22(2)40-41-26)32(39-33)37-28-9-18-46-21-34(28)10-11-34/h5-6,19-20,25,28H,4,7-18,21H2,1-3H3,(H2,35,45)(H,40,41)(H2,36,37,39). The molecule has 3 aromatic rings. The van der Waals surface area contributed by atoms with Gasteiger partial charge in [0.25, 0.3) is 5.91 Å². The molecule has 1 spiro atoms. The number of primary amides is 1. The highest BCUT2D eigenvalue weighted by molar-refractivity contribution is 5.97. The molecule has 246 valence electrons. The molecule has 1 amide bonds. The quantitative estimate of drug-likeness (QED) is 0.277. The summed E-state index contributed by atoms with van der Waals surface area (Å²) < 4.78 is 5.82. The van der Waals surface area contributed by atoms with Crippen molar-refractivity contribution in [1.29, 1.82) is 0 Å². The van der Waals surface area contributed by atoms with Gasteiger partial charge in [-0.3, -0.25) is 14.8 Å². The first kappa shape index (κ1) is 30.9. The smallest absolute Gasteiger partial charge is 0.271 e. The van der Waals surface area contributed by atoms with Gasteiger partial charge in [0.15, 0.2) is 17.3 Å². The molecule has 4 fully saturated rings. The predicted molar refractivity (Wildman–Crippen MR) is 181 cm³/mol. The second-order valence-corrected chi connectivity index (χ2v) is 13.7. The number of nitrogens with zero attached hydrogens (tertiary/aromatic N) is 6. The maximum absolute atomic E-state index is 12.8. The lowest BCUT2D eigenvalue weighted by atomic mass is 9.92. The van der Waals surface area contributed by atoms with Gasteiger partial charge < -0.3 is 30.9 Å². The number of carbonyl (C=O) groups is 1. The van der Waals surface area contributed by atoms with Crippen LogP contribution in [0.5, 0.6) is 0 Å². The Balaban J connectivity index is 1.13. The average Bonchev–Trinajstić information content (AvgIpc) is 3.71. The van der Waals surface area contributed by atoms with Gasteiger partial charge in [0.1, 0.15) is 11.4 Å². The van der Waals surface area contributed by atoms with Gasteiger partial charge in [0.2, 0.25) is 0 Å². The van der Waals surface area contributed by atoms with Crippen LogP contribution >= 0.6 is 0 Å². The van der Waals surface area contributed by atoms with Crippen molar-refractivity contribution >= 4 is 28.9 Å². The zero-order valence-electron chi connectivity index (χ0n) is 27.4. The number of aromatic amines is 1. The van der Waals surface area contributed by atoms with Crippen LogP contribution in [0.1, 0.15) is 60.8 Å². The number of likely N-dealkylation sites (N-methyl/N-ethyl adjacent to an activating group) is 1. The summed E-state index contributed by atoms with van der Waals surface area (Å²) in [6.07, 6.45) is 6.41. The number of hydrogen-bond acceptors (Lipinski definition) is 10. The zero-order valence-corrected chi connectivity index (χ0v) is 27.4. The van der Waals surface area contributed by atoms with E-state index in [4.69, 9.17) is 20.4 Å². The van der Waals surface area contributed by atoms with Crippen molar-refractivity contribution in [3.63, 3.8) is 0 Å². The number of piperidine rings is 1. The molecule has 46 heavy (non-hydrogen) atoms. The van der Waals surface area contributed by atoms with Crippen LogP contribution in [0.4, 0.5) is 23.0 Å². The number of anilines is 4. The van der Waals surface area contributed by atoms with Crippen LogP contribution in [0.15, 0.2) is 24.3 Å².